The fourth-order valence-corrected chi connectivity index (χ4v) is 2.82. The average molecular weight is 338 g/mol. The fourth-order valence-electron chi connectivity index (χ4n) is 2.59. The smallest absolute Gasteiger partial charge is 0.271 e. The summed E-state index contributed by atoms with van der Waals surface area (Å²) in [5.74, 6) is -0.232. The number of ether oxygens (including phenoxy) is 1. The highest BCUT2D eigenvalue weighted by Crippen LogP contribution is 2.29. The van der Waals surface area contributed by atoms with Crippen LogP contribution in [0.2, 0.25) is 5.02 Å². The molecule has 23 heavy (non-hydrogen) atoms. The van der Waals surface area contributed by atoms with E-state index in [4.69, 9.17) is 16.3 Å². The van der Waals surface area contributed by atoms with Crippen LogP contribution in [0.3, 0.4) is 0 Å². The van der Waals surface area contributed by atoms with Gasteiger partial charge in [-0.05, 0) is 18.9 Å². The number of benzene rings is 1. The molecule has 0 atom stereocenters. The predicted molar refractivity (Wildman–Crippen MR) is 83.2 cm³/mol. The molecule has 0 aliphatic heterocycles. The van der Waals surface area contributed by atoms with Crippen molar-refractivity contribution in [3.05, 3.63) is 33.3 Å². The molecule has 2 rings (SSSR count). The Morgan fingerprint density at radius 2 is 2.13 bits per heavy atom. The maximum Gasteiger partial charge on any atom is 0.271 e. The maximum absolute atomic E-state index is 12.0. The number of rotatable bonds is 5. The number of nitriles is 1. The number of amides is 1. The number of hydrogen-bond acceptors (Lipinski definition) is 5. The fraction of sp³-hybridized carbons (Fsp3) is 0.467. The zero-order chi connectivity index (χ0) is 16.9. The summed E-state index contributed by atoms with van der Waals surface area (Å²) in [6.45, 7) is -0.305. The molecule has 8 heteroatoms. The van der Waals surface area contributed by atoms with Gasteiger partial charge in [-0.3, -0.25) is 14.9 Å². The highest BCUT2D eigenvalue weighted by molar-refractivity contribution is 6.32. The lowest BCUT2D eigenvalue weighted by molar-refractivity contribution is -0.384. The molecule has 1 aliphatic carbocycles. The van der Waals surface area contributed by atoms with Gasteiger partial charge in [0, 0.05) is 12.1 Å². The molecule has 0 radical (unpaired) electrons. The van der Waals surface area contributed by atoms with Crippen LogP contribution in [0.5, 0.6) is 5.75 Å². The Bertz CT molecular complexity index is 651. The predicted octanol–water partition coefficient (Wildman–Crippen LogP) is 2.97. The first-order valence-corrected chi connectivity index (χ1v) is 7.62. The molecule has 0 bridgehead atoms. The van der Waals surface area contributed by atoms with Crippen LogP contribution in [0.25, 0.3) is 0 Å². The quantitative estimate of drug-likeness (QED) is 0.656. The van der Waals surface area contributed by atoms with Crippen molar-refractivity contribution in [3.63, 3.8) is 0 Å². The van der Waals surface area contributed by atoms with Crippen molar-refractivity contribution in [2.24, 2.45) is 0 Å². The number of carbonyl (C=O) groups excluding carboxylic acids is 1. The lowest BCUT2D eigenvalue weighted by atomic mass is 9.83. The summed E-state index contributed by atoms with van der Waals surface area (Å²) in [6.07, 6.45) is 4.14. The molecule has 1 aromatic carbocycles. The van der Waals surface area contributed by atoms with Gasteiger partial charge in [0.2, 0.25) is 0 Å². The second-order valence-electron chi connectivity index (χ2n) is 5.46. The summed E-state index contributed by atoms with van der Waals surface area (Å²) in [7, 11) is 0. The molecule has 1 aliphatic rings. The van der Waals surface area contributed by atoms with E-state index in [1.165, 1.54) is 12.1 Å². The Hall–Kier alpha value is -2.33. The van der Waals surface area contributed by atoms with Gasteiger partial charge in [0.1, 0.15) is 11.3 Å². The minimum absolute atomic E-state index is 0.0552. The molecule has 0 spiro atoms. The third-order valence-corrected chi connectivity index (χ3v) is 4.08. The van der Waals surface area contributed by atoms with Crippen LogP contribution in [0, 0.1) is 21.4 Å². The average Bonchev–Trinajstić information content (AvgIpc) is 2.54. The molecule has 1 fully saturated rings. The van der Waals surface area contributed by atoms with Gasteiger partial charge in [-0.25, -0.2) is 0 Å². The topological polar surface area (TPSA) is 105 Å². The molecule has 1 aromatic rings. The van der Waals surface area contributed by atoms with Gasteiger partial charge in [0.05, 0.1) is 16.0 Å². The first-order chi connectivity index (χ1) is 11.0. The molecule has 122 valence electrons. The Morgan fingerprint density at radius 3 is 2.70 bits per heavy atom. The Morgan fingerprint density at radius 1 is 1.43 bits per heavy atom. The lowest BCUT2D eigenvalue weighted by Gasteiger charge is -2.31. The van der Waals surface area contributed by atoms with Gasteiger partial charge in [-0.15, -0.1) is 0 Å². The van der Waals surface area contributed by atoms with E-state index in [1.54, 1.807) is 0 Å². The van der Waals surface area contributed by atoms with E-state index in [1.807, 2.05) is 0 Å². The third-order valence-electron chi connectivity index (χ3n) is 3.78. The van der Waals surface area contributed by atoms with Crippen molar-refractivity contribution in [3.8, 4) is 11.8 Å². The van der Waals surface area contributed by atoms with Crippen LogP contribution in [-0.2, 0) is 4.79 Å². The minimum Gasteiger partial charge on any atom is -0.482 e. The van der Waals surface area contributed by atoms with Crippen LogP contribution in [0.4, 0.5) is 5.69 Å². The Labute approximate surface area is 138 Å². The van der Waals surface area contributed by atoms with Crippen LogP contribution < -0.4 is 10.1 Å². The number of nitrogens with zero attached hydrogens (tertiary/aromatic N) is 2. The summed E-state index contributed by atoms with van der Waals surface area (Å²) in [4.78, 5) is 22.1. The normalized spacial score (nSPS) is 16.2. The molecule has 1 amide bonds. The van der Waals surface area contributed by atoms with Gasteiger partial charge in [0.25, 0.3) is 11.6 Å². The summed E-state index contributed by atoms with van der Waals surface area (Å²) in [5, 5.41) is 22.7. The van der Waals surface area contributed by atoms with E-state index in [-0.39, 0.29) is 23.1 Å². The summed E-state index contributed by atoms with van der Waals surface area (Å²) in [5.41, 5.74) is -0.977. The largest absolute Gasteiger partial charge is 0.482 e. The number of hydrogen-bond donors (Lipinski definition) is 1. The van der Waals surface area contributed by atoms with Gasteiger partial charge < -0.3 is 10.1 Å². The van der Waals surface area contributed by atoms with Crippen molar-refractivity contribution in [1.29, 1.82) is 5.26 Å². The number of non-ortho nitro benzene ring substituents is 1. The summed E-state index contributed by atoms with van der Waals surface area (Å²) < 4.78 is 5.29. The zero-order valence-electron chi connectivity index (χ0n) is 12.4. The van der Waals surface area contributed by atoms with Crippen molar-refractivity contribution in [2.45, 2.75) is 37.6 Å². The molecular weight excluding hydrogens is 322 g/mol. The van der Waals surface area contributed by atoms with Gasteiger partial charge in [-0.1, -0.05) is 30.9 Å². The highest BCUT2D eigenvalue weighted by Gasteiger charge is 2.33. The second-order valence-corrected chi connectivity index (χ2v) is 5.87. The van der Waals surface area contributed by atoms with Gasteiger partial charge in [0.15, 0.2) is 6.61 Å². The van der Waals surface area contributed by atoms with E-state index in [0.717, 1.165) is 25.3 Å². The van der Waals surface area contributed by atoms with Crippen molar-refractivity contribution in [1.82, 2.24) is 5.32 Å². The van der Waals surface area contributed by atoms with Crippen LogP contribution in [0.1, 0.15) is 32.1 Å². The van der Waals surface area contributed by atoms with Crippen molar-refractivity contribution < 1.29 is 14.5 Å². The number of nitrogens with one attached hydrogen (secondary N) is 1. The number of nitro benzene ring substituents is 1. The monoisotopic (exact) mass is 337 g/mol. The van der Waals surface area contributed by atoms with E-state index >= 15 is 0 Å². The van der Waals surface area contributed by atoms with E-state index in [9.17, 15) is 20.2 Å². The zero-order valence-corrected chi connectivity index (χ0v) is 13.1. The Kier molecular flexibility index (Phi) is 5.40. The van der Waals surface area contributed by atoms with Gasteiger partial charge in [-0.2, -0.15) is 5.26 Å². The van der Waals surface area contributed by atoms with Gasteiger partial charge >= 0.3 is 0 Å². The summed E-state index contributed by atoms with van der Waals surface area (Å²) >= 11 is 5.89. The number of carbonyl (C=O) groups is 1. The van der Waals surface area contributed by atoms with Crippen LogP contribution >= 0.6 is 11.6 Å². The van der Waals surface area contributed by atoms with Crippen LogP contribution in [0.15, 0.2) is 18.2 Å². The summed E-state index contributed by atoms with van der Waals surface area (Å²) in [6, 6.07) is 5.94. The second kappa shape index (κ2) is 7.29. The number of nitro groups is 1. The van der Waals surface area contributed by atoms with Crippen molar-refractivity contribution in [2.75, 3.05) is 6.61 Å². The minimum atomic E-state index is -0.821. The molecular formula is C15H16ClN3O4. The molecule has 0 heterocycles. The first kappa shape index (κ1) is 17.0. The van der Waals surface area contributed by atoms with E-state index < -0.39 is 16.4 Å². The lowest BCUT2D eigenvalue weighted by Crippen LogP contribution is -2.50. The molecule has 0 saturated heterocycles. The maximum atomic E-state index is 12.0. The van der Waals surface area contributed by atoms with Crippen molar-refractivity contribution >= 4 is 23.2 Å². The SMILES string of the molecule is N#CC1(NC(=O)COc2ccc([N+](=O)[O-])cc2Cl)CCCCC1. The molecule has 7 nitrogen and oxygen atoms in total. The standard InChI is InChI=1S/C15H16ClN3O4/c16-12-8-11(19(21)22)4-5-13(12)23-9-14(20)18-15(10-17)6-2-1-3-7-15/h4-5,8H,1-3,6-7,9H2,(H,18,20). The number of halogens is 1. The van der Waals surface area contributed by atoms with Crippen LogP contribution in [-0.4, -0.2) is 23.0 Å². The molecule has 0 unspecified atom stereocenters. The van der Waals surface area contributed by atoms with E-state index in [2.05, 4.69) is 11.4 Å². The Balaban J connectivity index is 1.94. The first-order valence-electron chi connectivity index (χ1n) is 7.25. The third kappa shape index (κ3) is 4.33. The molecule has 1 N–H and O–H groups in total. The highest BCUT2D eigenvalue weighted by atomic mass is 35.5. The molecule has 1 saturated carbocycles. The molecule has 0 aromatic heterocycles. The van der Waals surface area contributed by atoms with E-state index in [0.29, 0.717) is 12.8 Å².